The van der Waals surface area contributed by atoms with Gasteiger partial charge in [0.1, 0.15) is 0 Å². The molecule has 0 spiro atoms. The van der Waals surface area contributed by atoms with E-state index in [2.05, 4.69) is 23.5 Å². The molecule has 1 aromatic carbocycles. The zero-order valence-corrected chi connectivity index (χ0v) is 7.50. The van der Waals surface area contributed by atoms with Crippen molar-refractivity contribution in [2.75, 3.05) is 5.32 Å². The first-order valence-corrected chi connectivity index (χ1v) is 4.33. The summed E-state index contributed by atoms with van der Waals surface area (Å²) in [5, 5.41) is 2.76. The number of benzene rings is 1. The molecule has 0 saturated heterocycles. The normalized spacial score (nSPS) is 12.7. The van der Waals surface area contributed by atoms with Crippen molar-refractivity contribution in [3.05, 3.63) is 35.4 Å². The van der Waals surface area contributed by atoms with Crippen molar-refractivity contribution in [2.45, 2.75) is 13.3 Å². The van der Waals surface area contributed by atoms with Crippen LogP contribution in [0.15, 0.2) is 24.3 Å². The topological polar surface area (TPSA) is 29.1 Å². The van der Waals surface area contributed by atoms with Crippen molar-refractivity contribution < 1.29 is 4.79 Å². The van der Waals surface area contributed by atoms with Gasteiger partial charge in [0.05, 0.1) is 0 Å². The van der Waals surface area contributed by atoms with Gasteiger partial charge in [-0.3, -0.25) is 4.79 Å². The van der Waals surface area contributed by atoms with E-state index < -0.39 is 0 Å². The van der Waals surface area contributed by atoms with Gasteiger partial charge in [0.25, 0.3) is 0 Å². The summed E-state index contributed by atoms with van der Waals surface area (Å²) in [6.07, 6.45) is 5.22. The SMILES string of the molecule is CC(=O)Nc1ccc2c(c1)C=CC2. The minimum Gasteiger partial charge on any atom is -0.326 e. The standard InChI is InChI=1S/C11H11NO/c1-8(13)12-11-6-5-9-3-2-4-10(9)7-11/h2,4-7H,3H2,1H3,(H,12,13). The summed E-state index contributed by atoms with van der Waals surface area (Å²) >= 11 is 0. The number of allylic oxidation sites excluding steroid dienone is 1. The van der Waals surface area contributed by atoms with Gasteiger partial charge < -0.3 is 5.32 Å². The smallest absolute Gasteiger partial charge is 0.221 e. The average molecular weight is 173 g/mol. The van der Waals surface area contributed by atoms with Gasteiger partial charge in [-0.2, -0.15) is 0 Å². The third-order valence-corrected chi connectivity index (χ3v) is 2.10. The second-order valence-corrected chi connectivity index (χ2v) is 3.20. The number of hydrogen-bond acceptors (Lipinski definition) is 1. The van der Waals surface area contributed by atoms with Crippen LogP contribution in [0.4, 0.5) is 5.69 Å². The zero-order chi connectivity index (χ0) is 9.26. The molecule has 1 aromatic rings. The van der Waals surface area contributed by atoms with E-state index in [4.69, 9.17) is 0 Å². The predicted molar refractivity (Wildman–Crippen MR) is 53.5 cm³/mol. The second-order valence-electron chi connectivity index (χ2n) is 3.20. The maximum absolute atomic E-state index is 10.8. The molecule has 0 aliphatic heterocycles. The van der Waals surface area contributed by atoms with E-state index in [0.717, 1.165) is 12.1 Å². The minimum atomic E-state index is -0.0260. The molecule has 0 heterocycles. The quantitative estimate of drug-likeness (QED) is 0.693. The van der Waals surface area contributed by atoms with Crippen molar-refractivity contribution in [3.63, 3.8) is 0 Å². The number of fused-ring (bicyclic) bond motifs is 1. The van der Waals surface area contributed by atoms with Crippen LogP contribution in [0.5, 0.6) is 0 Å². The molecule has 66 valence electrons. The summed E-state index contributed by atoms with van der Waals surface area (Å²) in [5.74, 6) is -0.0260. The third kappa shape index (κ3) is 1.61. The number of amides is 1. The van der Waals surface area contributed by atoms with E-state index in [1.54, 1.807) is 0 Å². The number of rotatable bonds is 1. The number of carbonyl (C=O) groups excluding carboxylic acids is 1. The van der Waals surface area contributed by atoms with Crippen molar-refractivity contribution in [1.82, 2.24) is 0 Å². The summed E-state index contributed by atoms with van der Waals surface area (Å²) in [7, 11) is 0. The van der Waals surface area contributed by atoms with E-state index in [1.165, 1.54) is 18.1 Å². The van der Waals surface area contributed by atoms with Crippen LogP contribution < -0.4 is 5.32 Å². The van der Waals surface area contributed by atoms with Crippen molar-refractivity contribution in [1.29, 1.82) is 0 Å². The average Bonchev–Trinajstić information content (AvgIpc) is 2.49. The first-order chi connectivity index (χ1) is 6.25. The summed E-state index contributed by atoms with van der Waals surface area (Å²) < 4.78 is 0. The van der Waals surface area contributed by atoms with Gasteiger partial charge in [-0.1, -0.05) is 18.2 Å². The predicted octanol–water partition coefficient (Wildman–Crippen LogP) is 2.21. The van der Waals surface area contributed by atoms with E-state index in [9.17, 15) is 4.79 Å². The van der Waals surface area contributed by atoms with Crippen LogP contribution >= 0.6 is 0 Å². The van der Waals surface area contributed by atoms with Gasteiger partial charge in [0, 0.05) is 12.6 Å². The Balaban J connectivity index is 2.30. The maximum Gasteiger partial charge on any atom is 0.221 e. The molecule has 0 radical (unpaired) electrons. The summed E-state index contributed by atoms with van der Waals surface area (Å²) in [5.41, 5.74) is 3.41. The van der Waals surface area contributed by atoms with Crippen LogP contribution in [0.2, 0.25) is 0 Å². The summed E-state index contributed by atoms with van der Waals surface area (Å²) in [6.45, 7) is 1.52. The Morgan fingerprint density at radius 3 is 3.08 bits per heavy atom. The van der Waals surface area contributed by atoms with E-state index in [0.29, 0.717) is 0 Å². The van der Waals surface area contributed by atoms with Crippen molar-refractivity contribution >= 4 is 17.7 Å². The molecule has 1 aliphatic rings. The van der Waals surface area contributed by atoms with Crippen LogP contribution in [0, 0.1) is 0 Å². The van der Waals surface area contributed by atoms with E-state index >= 15 is 0 Å². The highest BCUT2D eigenvalue weighted by Crippen LogP contribution is 2.22. The van der Waals surface area contributed by atoms with Gasteiger partial charge in [-0.25, -0.2) is 0 Å². The fraction of sp³-hybridized carbons (Fsp3) is 0.182. The molecule has 0 bridgehead atoms. The van der Waals surface area contributed by atoms with Crippen LogP contribution in [-0.4, -0.2) is 5.91 Å². The number of nitrogens with one attached hydrogen (secondary N) is 1. The minimum absolute atomic E-state index is 0.0260. The van der Waals surface area contributed by atoms with E-state index in [1.807, 2.05) is 12.1 Å². The lowest BCUT2D eigenvalue weighted by molar-refractivity contribution is -0.114. The monoisotopic (exact) mass is 173 g/mol. The highest BCUT2D eigenvalue weighted by molar-refractivity contribution is 5.89. The summed E-state index contributed by atoms with van der Waals surface area (Å²) in [4.78, 5) is 10.8. The largest absolute Gasteiger partial charge is 0.326 e. The van der Waals surface area contributed by atoms with Gasteiger partial charge in [0.15, 0.2) is 0 Å². The number of hydrogen-bond donors (Lipinski definition) is 1. The molecule has 2 heteroatoms. The fourth-order valence-electron chi connectivity index (χ4n) is 1.53. The molecule has 2 nitrogen and oxygen atoms in total. The molecule has 1 aliphatic carbocycles. The molecule has 1 N–H and O–H groups in total. The first-order valence-electron chi connectivity index (χ1n) is 4.33. The van der Waals surface area contributed by atoms with E-state index in [-0.39, 0.29) is 5.91 Å². The number of carbonyl (C=O) groups is 1. The first kappa shape index (κ1) is 8.05. The zero-order valence-electron chi connectivity index (χ0n) is 7.50. The van der Waals surface area contributed by atoms with Crippen molar-refractivity contribution in [2.24, 2.45) is 0 Å². The second kappa shape index (κ2) is 3.05. The molecule has 0 aromatic heterocycles. The van der Waals surface area contributed by atoms with Crippen LogP contribution in [-0.2, 0) is 11.2 Å². The molecule has 0 unspecified atom stereocenters. The molecule has 0 atom stereocenters. The Morgan fingerprint density at radius 2 is 2.31 bits per heavy atom. The Hall–Kier alpha value is -1.57. The Morgan fingerprint density at radius 1 is 1.46 bits per heavy atom. The highest BCUT2D eigenvalue weighted by atomic mass is 16.1. The lowest BCUT2D eigenvalue weighted by Gasteiger charge is -2.04. The Bertz CT molecular complexity index is 380. The third-order valence-electron chi connectivity index (χ3n) is 2.10. The molecule has 2 rings (SSSR count). The number of anilines is 1. The van der Waals surface area contributed by atoms with Crippen molar-refractivity contribution in [3.8, 4) is 0 Å². The lowest BCUT2D eigenvalue weighted by atomic mass is 10.1. The van der Waals surface area contributed by atoms with Crippen LogP contribution in [0.1, 0.15) is 18.1 Å². The molecular formula is C11H11NO. The molecule has 13 heavy (non-hydrogen) atoms. The summed E-state index contributed by atoms with van der Waals surface area (Å²) in [6, 6.07) is 5.99. The lowest BCUT2D eigenvalue weighted by Crippen LogP contribution is -2.05. The Labute approximate surface area is 77.3 Å². The van der Waals surface area contributed by atoms with Gasteiger partial charge >= 0.3 is 0 Å². The van der Waals surface area contributed by atoms with Gasteiger partial charge in [-0.15, -0.1) is 0 Å². The van der Waals surface area contributed by atoms with Gasteiger partial charge in [-0.05, 0) is 29.7 Å². The Kier molecular flexibility index (Phi) is 1.89. The molecule has 1 amide bonds. The fourth-order valence-corrected chi connectivity index (χ4v) is 1.53. The highest BCUT2D eigenvalue weighted by Gasteiger charge is 2.05. The van der Waals surface area contributed by atoms with Gasteiger partial charge in [0.2, 0.25) is 5.91 Å². The maximum atomic E-state index is 10.8. The molecular weight excluding hydrogens is 162 g/mol. The van der Waals surface area contributed by atoms with Crippen LogP contribution in [0.25, 0.3) is 6.08 Å². The molecule has 0 saturated carbocycles. The van der Waals surface area contributed by atoms with Crippen LogP contribution in [0.3, 0.4) is 0 Å². The molecule has 0 fully saturated rings.